The normalized spacial score (nSPS) is 25.7. The molecule has 5 rings (SSSR count). The number of fused-ring (bicyclic) bond motifs is 2. The molecule has 3 aliphatic rings. The first-order valence-electron chi connectivity index (χ1n) is 10.8. The van der Waals surface area contributed by atoms with Crippen molar-refractivity contribution in [3.63, 3.8) is 0 Å². The van der Waals surface area contributed by atoms with E-state index in [1.807, 2.05) is 4.90 Å². The molecule has 1 unspecified atom stereocenters. The van der Waals surface area contributed by atoms with E-state index in [2.05, 4.69) is 24.1 Å². The highest BCUT2D eigenvalue weighted by Gasteiger charge is 2.40. The predicted molar refractivity (Wildman–Crippen MR) is 113 cm³/mol. The Balaban J connectivity index is 1.73. The number of hydrogen-bond donors (Lipinski definition) is 1. The molecule has 1 aromatic heterocycles. The zero-order valence-electron chi connectivity index (χ0n) is 17.7. The lowest BCUT2D eigenvalue weighted by atomic mass is 10.1. The van der Waals surface area contributed by atoms with Crippen molar-refractivity contribution in [2.45, 2.75) is 32.4 Å². The molecule has 1 N–H and O–H groups in total. The lowest BCUT2D eigenvalue weighted by Crippen LogP contribution is -2.55. The minimum absolute atomic E-state index is 0.0589. The molecule has 0 saturated carbocycles. The van der Waals surface area contributed by atoms with Gasteiger partial charge in [0.1, 0.15) is 29.5 Å². The fourth-order valence-corrected chi connectivity index (χ4v) is 4.99. The molecule has 6 nitrogen and oxygen atoms in total. The number of halogens is 2. The fraction of sp³-hybridized carbons (Fsp3) is 0.478. The molecule has 31 heavy (non-hydrogen) atoms. The summed E-state index contributed by atoms with van der Waals surface area (Å²) in [7, 11) is 0. The summed E-state index contributed by atoms with van der Waals surface area (Å²) in [5.41, 5.74) is 0.0935. The van der Waals surface area contributed by atoms with Crippen molar-refractivity contribution < 1.29 is 18.3 Å². The van der Waals surface area contributed by atoms with E-state index in [0.29, 0.717) is 37.9 Å². The molecule has 0 aliphatic carbocycles. The number of pyridine rings is 1. The number of carbonyl (C=O) groups is 1. The second-order valence-electron chi connectivity index (χ2n) is 8.79. The van der Waals surface area contributed by atoms with Crippen LogP contribution in [0.25, 0.3) is 11.3 Å². The van der Waals surface area contributed by atoms with Crippen LogP contribution in [0.4, 0.5) is 14.6 Å². The topological polar surface area (TPSA) is 57.7 Å². The van der Waals surface area contributed by atoms with Crippen molar-refractivity contribution in [3.05, 3.63) is 41.5 Å². The van der Waals surface area contributed by atoms with Crippen molar-refractivity contribution in [1.29, 1.82) is 0 Å². The summed E-state index contributed by atoms with van der Waals surface area (Å²) in [6.07, 6.45) is 0.939. The van der Waals surface area contributed by atoms with E-state index >= 15 is 4.39 Å². The van der Waals surface area contributed by atoms with E-state index in [9.17, 15) is 9.18 Å². The molecule has 0 radical (unpaired) electrons. The zero-order valence-corrected chi connectivity index (χ0v) is 17.7. The number of hydrogen-bond acceptors (Lipinski definition) is 5. The number of piperazine rings is 1. The summed E-state index contributed by atoms with van der Waals surface area (Å²) in [6.45, 7) is 6.86. The first-order chi connectivity index (χ1) is 15.0. The molecule has 3 atom stereocenters. The molecular weight excluding hydrogens is 402 g/mol. The molecule has 2 aromatic rings. The Bertz CT molecular complexity index is 1030. The third-order valence-electron chi connectivity index (χ3n) is 6.51. The van der Waals surface area contributed by atoms with Crippen LogP contribution in [0.3, 0.4) is 0 Å². The van der Waals surface area contributed by atoms with E-state index in [4.69, 9.17) is 4.74 Å². The van der Waals surface area contributed by atoms with Crippen LogP contribution in [0, 0.1) is 17.6 Å². The number of benzene rings is 1. The summed E-state index contributed by atoms with van der Waals surface area (Å²) in [4.78, 5) is 22.0. The molecule has 3 aliphatic heterocycles. The van der Waals surface area contributed by atoms with Crippen LogP contribution in [0.2, 0.25) is 0 Å². The highest BCUT2D eigenvalue weighted by atomic mass is 19.1. The van der Waals surface area contributed by atoms with Crippen molar-refractivity contribution in [3.8, 4) is 17.0 Å². The molecule has 164 valence electrons. The highest BCUT2D eigenvalue weighted by molar-refractivity contribution is 6.03. The maximum absolute atomic E-state index is 15.7. The number of rotatable bonds is 2. The molecule has 8 heteroatoms. The quantitative estimate of drug-likeness (QED) is 0.797. The SMILES string of the molecule is CC1C[C@H](C)N(c2nc(-c3ccccc3F)c(F)c3c2C(=O)N2CCNC[C@@H]2CO3)C1. The molecule has 1 amide bonds. The van der Waals surface area contributed by atoms with Gasteiger partial charge < -0.3 is 19.9 Å². The predicted octanol–water partition coefficient (Wildman–Crippen LogP) is 3.07. The third kappa shape index (κ3) is 3.33. The molecule has 2 saturated heterocycles. The van der Waals surface area contributed by atoms with E-state index in [-0.39, 0.29) is 47.2 Å². The third-order valence-corrected chi connectivity index (χ3v) is 6.51. The first kappa shape index (κ1) is 20.2. The van der Waals surface area contributed by atoms with Gasteiger partial charge in [-0.3, -0.25) is 4.79 Å². The number of carbonyl (C=O) groups excluding carboxylic acids is 1. The van der Waals surface area contributed by atoms with Gasteiger partial charge in [-0.2, -0.15) is 0 Å². The zero-order chi connectivity index (χ0) is 21.7. The van der Waals surface area contributed by atoms with Gasteiger partial charge in [0.2, 0.25) is 0 Å². The minimum atomic E-state index is -0.787. The Morgan fingerprint density at radius 3 is 2.74 bits per heavy atom. The number of aromatic nitrogens is 1. The van der Waals surface area contributed by atoms with Crippen LogP contribution in [0.5, 0.6) is 5.75 Å². The van der Waals surface area contributed by atoms with Crippen LogP contribution in [0.1, 0.15) is 30.6 Å². The number of nitrogens with one attached hydrogen (secondary N) is 1. The van der Waals surface area contributed by atoms with Gasteiger partial charge in [-0.15, -0.1) is 0 Å². The number of ether oxygens (including phenoxy) is 1. The van der Waals surface area contributed by atoms with Gasteiger partial charge in [0.25, 0.3) is 5.91 Å². The van der Waals surface area contributed by atoms with Gasteiger partial charge in [-0.25, -0.2) is 13.8 Å². The number of amides is 1. The average molecular weight is 428 g/mol. The fourth-order valence-electron chi connectivity index (χ4n) is 4.99. The molecular formula is C23H26F2N4O2. The van der Waals surface area contributed by atoms with E-state index in [1.165, 1.54) is 12.1 Å². The second kappa shape index (κ2) is 7.75. The van der Waals surface area contributed by atoms with Crippen molar-refractivity contribution in [1.82, 2.24) is 15.2 Å². The summed E-state index contributed by atoms with van der Waals surface area (Å²) >= 11 is 0. The molecule has 0 spiro atoms. The van der Waals surface area contributed by atoms with Crippen molar-refractivity contribution >= 4 is 11.7 Å². The smallest absolute Gasteiger partial charge is 0.261 e. The highest BCUT2D eigenvalue weighted by Crippen LogP contribution is 2.42. The first-order valence-corrected chi connectivity index (χ1v) is 10.8. The lowest BCUT2D eigenvalue weighted by Gasteiger charge is -2.34. The van der Waals surface area contributed by atoms with Crippen molar-refractivity contribution in [2.75, 3.05) is 37.7 Å². The molecule has 1 aromatic carbocycles. The van der Waals surface area contributed by atoms with Gasteiger partial charge in [0.05, 0.1) is 6.04 Å². The van der Waals surface area contributed by atoms with Crippen LogP contribution < -0.4 is 15.0 Å². The maximum atomic E-state index is 15.7. The van der Waals surface area contributed by atoms with Crippen LogP contribution in [-0.4, -0.2) is 60.7 Å². The van der Waals surface area contributed by atoms with Gasteiger partial charge in [-0.05, 0) is 31.4 Å². The standard InChI is InChI=1S/C23H26F2N4O2/c1-13-9-14(2)29(11-13)22-18-21(31-12-15-10-26-7-8-28(15)23(18)30)19(25)20(27-22)16-5-3-4-6-17(16)24/h3-6,13-15,26H,7-12H2,1-2H3/t13?,14-,15+/m0/s1. The Morgan fingerprint density at radius 2 is 2.00 bits per heavy atom. The summed E-state index contributed by atoms with van der Waals surface area (Å²) in [5.74, 6) is -0.949. The monoisotopic (exact) mass is 428 g/mol. The van der Waals surface area contributed by atoms with Crippen LogP contribution in [-0.2, 0) is 0 Å². The average Bonchev–Trinajstić information content (AvgIpc) is 3.02. The second-order valence-corrected chi connectivity index (χ2v) is 8.79. The number of anilines is 1. The molecule has 4 heterocycles. The minimum Gasteiger partial charge on any atom is -0.487 e. The summed E-state index contributed by atoms with van der Waals surface area (Å²) in [6, 6.07) is 5.91. The van der Waals surface area contributed by atoms with E-state index in [0.717, 1.165) is 6.42 Å². The van der Waals surface area contributed by atoms with Gasteiger partial charge in [0.15, 0.2) is 11.6 Å². The lowest BCUT2D eigenvalue weighted by molar-refractivity contribution is 0.0606. The number of nitrogens with zero attached hydrogens (tertiary/aromatic N) is 3. The Hall–Kier alpha value is -2.74. The maximum Gasteiger partial charge on any atom is 0.261 e. The molecule has 2 fully saturated rings. The van der Waals surface area contributed by atoms with E-state index < -0.39 is 11.6 Å². The Kier molecular flexibility index (Phi) is 5.04. The molecule has 0 bridgehead atoms. The van der Waals surface area contributed by atoms with Crippen LogP contribution in [0.15, 0.2) is 24.3 Å². The van der Waals surface area contributed by atoms with E-state index in [1.54, 1.807) is 17.0 Å². The Labute approximate surface area is 180 Å². The summed E-state index contributed by atoms with van der Waals surface area (Å²) in [5, 5.41) is 3.26. The van der Waals surface area contributed by atoms with Crippen molar-refractivity contribution in [2.24, 2.45) is 5.92 Å². The van der Waals surface area contributed by atoms with Gasteiger partial charge in [-0.1, -0.05) is 19.1 Å². The largest absolute Gasteiger partial charge is 0.487 e. The summed E-state index contributed by atoms with van der Waals surface area (Å²) < 4.78 is 36.2. The van der Waals surface area contributed by atoms with Gasteiger partial charge in [0, 0.05) is 37.8 Å². The Morgan fingerprint density at radius 1 is 1.19 bits per heavy atom. The van der Waals surface area contributed by atoms with Crippen LogP contribution >= 0.6 is 0 Å². The van der Waals surface area contributed by atoms with Gasteiger partial charge >= 0.3 is 0 Å².